The molecule has 0 saturated heterocycles. The summed E-state index contributed by atoms with van der Waals surface area (Å²) in [6.07, 6.45) is 0.827. The minimum atomic E-state index is -0.682. The third kappa shape index (κ3) is 4.92. The zero-order valence-corrected chi connectivity index (χ0v) is 23.0. The molecule has 2 aliphatic rings. The van der Waals surface area contributed by atoms with Gasteiger partial charge < -0.3 is 29.4 Å². The first-order valence-electron chi connectivity index (χ1n) is 11.9. The number of aromatic hydroxyl groups is 1. The van der Waals surface area contributed by atoms with E-state index in [4.69, 9.17) is 18.9 Å². The number of benzene rings is 2. The van der Waals surface area contributed by atoms with Crippen molar-refractivity contribution in [1.29, 1.82) is 0 Å². The number of dihydropyridines is 1. The molecular formula is C28H30BrNO7. The van der Waals surface area contributed by atoms with Crippen LogP contribution in [-0.4, -0.2) is 44.8 Å². The molecule has 2 atom stereocenters. The molecule has 2 N–H and O–H groups in total. The lowest BCUT2D eigenvalue weighted by Crippen LogP contribution is -2.36. The maximum atomic E-state index is 13.8. The van der Waals surface area contributed by atoms with Gasteiger partial charge in [-0.2, -0.15) is 0 Å². The second kappa shape index (κ2) is 10.9. The second-order valence-corrected chi connectivity index (χ2v) is 9.76. The van der Waals surface area contributed by atoms with Gasteiger partial charge in [0.15, 0.2) is 28.8 Å². The molecule has 0 spiro atoms. The SMILES string of the molecule is CCOc1cc([C@@H]2C(C(=O)OC)=C(C)NC3=C2C(=O)C[C@H](c2ccc(OC)c(OC)c2)C3)cc(Br)c1O. The Bertz CT molecular complexity index is 1310. The maximum Gasteiger partial charge on any atom is 0.336 e. The summed E-state index contributed by atoms with van der Waals surface area (Å²) in [5.41, 5.74) is 3.83. The van der Waals surface area contributed by atoms with Crippen LogP contribution >= 0.6 is 15.9 Å². The summed E-state index contributed by atoms with van der Waals surface area (Å²) in [7, 11) is 4.48. The number of phenols is 1. The van der Waals surface area contributed by atoms with Crippen molar-refractivity contribution in [3.63, 3.8) is 0 Å². The molecule has 0 unspecified atom stereocenters. The van der Waals surface area contributed by atoms with Gasteiger partial charge in [0.25, 0.3) is 0 Å². The van der Waals surface area contributed by atoms with Crippen LogP contribution in [0.5, 0.6) is 23.0 Å². The lowest BCUT2D eigenvalue weighted by atomic mass is 9.71. The van der Waals surface area contributed by atoms with Crippen molar-refractivity contribution < 1.29 is 33.6 Å². The van der Waals surface area contributed by atoms with E-state index in [0.717, 1.165) is 11.3 Å². The molecular weight excluding hydrogens is 542 g/mol. The molecule has 1 aliphatic heterocycles. The quantitative estimate of drug-likeness (QED) is 0.442. The van der Waals surface area contributed by atoms with Crippen molar-refractivity contribution in [1.82, 2.24) is 5.32 Å². The van der Waals surface area contributed by atoms with E-state index in [0.29, 0.717) is 51.4 Å². The molecule has 37 heavy (non-hydrogen) atoms. The van der Waals surface area contributed by atoms with Crippen LogP contribution in [0.3, 0.4) is 0 Å². The maximum absolute atomic E-state index is 13.8. The highest BCUT2D eigenvalue weighted by Crippen LogP contribution is 2.48. The minimum absolute atomic E-state index is 0.0439. The summed E-state index contributed by atoms with van der Waals surface area (Å²) >= 11 is 3.39. The molecule has 0 aromatic heterocycles. The van der Waals surface area contributed by atoms with E-state index in [1.54, 1.807) is 33.3 Å². The zero-order valence-electron chi connectivity index (χ0n) is 21.4. The molecule has 1 aliphatic carbocycles. The largest absolute Gasteiger partial charge is 0.503 e. The minimum Gasteiger partial charge on any atom is -0.503 e. The van der Waals surface area contributed by atoms with E-state index in [2.05, 4.69) is 21.2 Å². The third-order valence-electron chi connectivity index (χ3n) is 6.80. The molecule has 0 amide bonds. The Morgan fingerprint density at radius 2 is 1.76 bits per heavy atom. The molecule has 8 nitrogen and oxygen atoms in total. The summed E-state index contributed by atoms with van der Waals surface area (Å²) in [6.45, 7) is 3.95. The first kappa shape index (κ1) is 26.6. The number of carbonyl (C=O) groups is 2. The van der Waals surface area contributed by atoms with Gasteiger partial charge in [-0.15, -0.1) is 0 Å². The van der Waals surface area contributed by atoms with E-state index in [1.807, 2.05) is 25.1 Å². The number of nitrogens with one attached hydrogen (secondary N) is 1. The Labute approximate surface area is 224 Å². The topological polar surface area (TPSA) is 103 Å². The van der Waals surface area contributed by atoms with Gasteiger partial charge in [0.1, 0.15) is 0 Å². The Balaban J connectivity index is 1.83. The Morgan fingerprint density at radius 1 is 1.05 bits per heavy atom. The number of carbonyl (C=O) groups excluding carboxylic acids is 2. The number of hydrogen-bond acceptors (Lipinski definition) is 8. The van der Waals surface area contributed by atoms with Crippen molar-refractivity contribution in [2.45, 2.75) is 38.5 Å². The molecule has 2 aromatic rings. The standard InChI is InChI=1S/C28H30BrNO7/c1-6-37-23-13-17(9-18(29)27(23)32)25-24(28(33)36-5)14(2)30-19-10-16(11-20(31)26(19)25)15-7-8-21(34-3)22(12-15)35-4/h7-9,12-13,16,25,30,32H,6,10-11H2,1-5H3/t16-,25-/m1/s1. The van der Waals surface area contributed by atoms with Crippen molar-refractivity contribution in [3.8, 4) is 23.0 Å². The second-order valence-electron chi connectivity index (χ2n) is 8.91. The van der Waals surface area contributed by atoms with Crippen LogP contribution in [0.4, 0.5) is 0 Å². The monoisotopic (exact) mass is 571 g/mol. The van der Waals surface area contributed by atoms with Gasteiger partial charge in [-0.3, -0.25) is 4.79 Å². The summed E-state index contributed by atoms with van der Waals surface area (Å²) < 4.78 is 22.0. The number of ether oxygens (including phenoxy) is 4. The Morgan fingerprint density at radius 3 is 2.41 bits per heavy atom. The predicted molar refractivity (Wildman–Crippen MR) is 141 cm³/mol. The molecule has 0 saturated carbocycles. The van der Waals surface area contributed by atoms with Crippen LogP contribution in [-0.2, 0) is 14.3 Å². The van der Waals surface area contributed by atoms with Crippen molar-refractivity contribution >= 4 is 27.7 Å². The van der Waals surface area contributed by atoms with Gasteiger partial charge in [0, 0.05) is 29.3 Å². The number of rotatable bonds is 7. The summed E-state index contributed by atoms with van der Waals surface area (Å²) in [4.78, 5) is 26.7. The van der Waals surface area contributed by atoms with Gasteiger partial charge in [0.2, 0.25) is 0 Å². The average molecular weight is 572 g/mol. The van der Waals surface area contributed by atoms with Gasteiger partial charge in [-0.05, 0) is 77.5 Å². The number of halogens is 1. The predicted octanol–water partition coefficient (Wildman–Crippen LogP) is 5.11. The van der Waals surface area contributed by atoms with Gasteiger partial charge in [0.05, 0.1) is 38.0 Å². The number of Topliss-reactive ketones (excluding diaryl/α,β-unsaturated/α-hetero) is 1. The molecule has 0 bridgehead atoms. The highest BCUT2D eigenvalue weighted by molar-refractivity contribution is 9.10. The van der Waals surface area contributed by atoms with E-state index in [1.165, 1.54) is 7.11 Å². The number of methoxy groups -OCH3 is 3. The molecule has 196 valence electrons. The van der Waals surface area contributed by atoms with Crippen LogP contribution in [0, 0.1) is 0 Å². The summed E-state index contributed by atoms with van der Waals surface area (Å²) in [5, 5.41) is 13.8. The fourth-order valence-corrected chi connectivity index (χ4v) is 5.58. The van der Waals surface area contributed by atoms with Crippen LogP contribution in [0.25, 0.3) is 0 Å². The average Bonchev–Trinajstić information content (AvgIpc) is 2.89. The number of allylic oxidation sites excluding steroid dienone is 3. The van der Waals surface area contributed by atoms with E-state index in [9.17, 15) is 14.7 Å². The molecule has 2 aromatic carbocycles. The molecule has 0 radical (unpaired) electrons. The molecule has 1 heterocycles. The molecule has 9 heteroatoms. The van der Waals surface area contributed by atoms with E-state index >= 15 is 0 Å². The number of phenolic OH excluding ortho intramolecular Hbond substituents is 1. The molecule has 4 rings (SSSR count). The first-order valence-corrected chi connectivity index (χ1v) is 12.7. The third-order valence-corrected chi connectivity index (χ3v) is 7.40. The summed E-state index contributed by atoms with van der Waals surface area (Å²) in [5.74, 6) is 0.0687. The highest BCUT2D eigenvalue weighted by Gasteiger charge is 2.42. The van der Waals surface area contributed by atoms with Gasteiger partial charge in [-0.25, -0.2) is 4.79 Å². The fourth-order valence-electron chi connectivity index (χ4n) is 5.12. The number of ketones is 1. The van der Waals surface area contributed by atoms with E-state index < -0.39 is 11.9 Å². The Hall–Kier alpha value is -3.46. The van der Waals surface area contributed by atoms with Crippen LogP contribution in [0.2, 0.25) is 0 Å². The fraction of sp³-hybridized carbons (Fsp3) is 0.357. The zero-order chi connectivity index (χ0) is 26.9. The molecule has 0 fully saturated rings. The summed E-state index contributed by atoms with van der Waals surface area (Å²) in [6, 6.07) is 9.07. The lowest BCUT2D eigenvalue weighted by Gasteiger charge is -2.36. The van der Waals surface area contributed by atoms with Crippen LogP contribution in [0.15, 0.2) is 57.3 Å². The van der Waals surface area contributed by atoms with Gasteiger partial charge >= 0.3 is 5.97 Å². The van der Waals surface area contributed by atoms with Crippen molar-refractivity contribution in [3.05, 3.63) is 68.5 Å². The van der Waals surface area contributed by atoms with Crippen LogP contribution < -0.4 is 19.5 Å². The normalized spacial score (nSPS) is 19.2. The first-order chi connectivity index (χ1) is 17.7. The lowest BCUT2D eigenvalue weighted by molar-refractivity contribution is -0.136. The van der Waals surface area contributed by atoms with E-state index in [-0.39, 0.29) is 29.6 Å². The smallest absolute Gasteiger partial charge is 0.336 e. The van der Waals surface area contributed by atoms with Crippen molar-refractivity contribution in [2.24, 2.45) is 0 Å². The highest BCUT2D eigenvalue weighted by atomic mass is 79.9. The Kier molecular flexibility index (Phi) is 7.82. The van der Waals surface area contributed by atoms with Crippen molar-refractivity contribution in [2.75, 3.05) is 27.9 Å². The number of hydrogen-bond donors (Lipinski definition) is 2. The number of esters is 1. The van der Waals surface area contributed by atoms with Crippen LogP contribution in [0.1, 0.15) is 49.7 Å². The van der Waals surface area contributed by atoms with Gasteiger partial charge in [-0.1, -0.05) is 6.07 Å².